The lowest BCUT2D eigenvalue weighted by Crippen LogP contribution is -2.22. The number of carbonyl (C=O) groups excluding carboxylic acids is 2. The maximum Gasteiger partial charge on any atom is 0.338 e. The summed E-state index contributed by atoms with van der Waals surface area (Å²) in [6.07, 6.45) is 0. The highest BCUT2D eigenvalue weighted by Crippen LogP contribution is 2.40. The lowest BCUT2D eigenvalue weighted by Gasteiger charge is -2.21. The van der Waals surface area contributed by atoms with Crippen LogP contribution in [0.3, 0.4) is 0 Å². The van der Waals surface area contributed by atoms with Gasteiger partial charge in [-0.15, -0.1) is 0 Å². The molecule has 10 heteroatoms. The van der Waals surface area contributed by atoms with Gasteiger partial charge >= 0.3 is 5.97 Å². The zero-order valence-corrected chi connectivity index (χ0v) is 16.7. The largest absolute Gasteiger partial charge is 0.493 e. The van der Waals surface area contributed by atoms with Crippen LogP contribution in [0.5, 0.6) is 28.7 Å². The average Bonchev–Trinajstić information content (AvgIpc) is 2.77. The van der Waals surface area contributed by atoms with Crippen molar-refractivity contribution in [1.29, 1.82) is 0 Å². The predicted octanol–water partition coefficient (Wildman–Crippen LogP) is 2.69. The Hall–Kier alpha value is -3.33. The van der Waals surface area contributed by atoms with Crippen molar-refractivity contribution in [3.05, 3.63) is 34.9 Å². The van der Waals surface area contributed by atoms with Gasteiger partial charge in [-0.2, -0.15) is 0 Å². The first kappa shape index (κ1) is 20.0. The number of nitrogens with one attached hydrogen (secondary N) is 1. The molecule has 0 radical (unpaired) electrons. The van der Waals surface area contributed by atoms with Crippen LogP contribution in [0.25, 0.3) is 0 Å². The summed E-state index contributed by atoms with van der Waals surface area (Å²) in [4.78, 5) is 24.6. The van der Waals surface area contributed by atoms with Gasteiger partial charge in [0.1, 0.15) is 26.4 Å². The third-order valence-corrected chi connectivity index (χ3v) is 4.62. The fraction of sp³-hybridized carbons (Fsp3) is 0.300. The molecule has 0 saturated carbocycles. The Morgan fingerprint density at radius 2 is 1.63 bits per heavy atom. The maximum absolute atomic E-state index is 12.4. The molecule has 0 aromatic heterocycles. The Morgan fingerprint density at radius 3 is 2.37 bits per heavy atom. The van der Waals surface area contributed by atoms with Crippen molar-refractivity contribution in [2.24, 2.45) is 0 Å². The number of hydrogen-bond donors (Lipinski definition) is 1. The molecule has 2 heterocycles. The van der Waals surface area contributed by atoms with Gasteiger partial charge in [0.05, 0.1) is 23.4 Å². The zero-order chi connectivity index (χ0) is 21.1. The maximum atomic E-state index is 12.4. The molecule has 30 heavy (non-hydrogen) atoms. The minimum atomic E-state index is -0.714. The summed E-state index contributed by atoms with van der Waals surface area (Å²) in [5.74, 6) is 0.836. The molecule has 0 atom stereocenters. The lowest BCUT2D eigenvalue weighted by molar-refractivity contribution is -0.119. The van der Waals surface area contributed by atoms with Gasteiger partial charge in [0.15, 0.2) is 29.6 Å². The number of carbonyl (C=O) groups is 2. The second-order valence-electron chi connectivity index (χ2n) is 6.30. The quantitative estimate of drug-likeness (QED) is 0.715. The van der Waals surface area contributed by atoms with Crippen LogP contribution >= 0.6 is 11.6 Å². The highest BCUT2D eigenvalue weighted by atomic mass is 35.5. The van der Waals surface area contributed by atoms with Crippen LogP contribution in [0.4, 0.5) is 5.69 Å². The normalized spacial score (nSPS) is 13.9. The number of benzene rings is 2. The topological polar surface area (TPSA) is 102 Å². The molecule has 0 bridgehead atoms. The molecule has 0 unspecified atom stereocenters. The molecule has 1 amide bonds. The van der Waals surface area contributed by atoms with Gasteiger partial charge in [-0.1, -0.05) is 11.6 Å². The number of esters is 1. The molecule has 2 aromatic rings. The molecule has 0 saturated heterocycles. The molecule has 2 aliphatic rings. The highest BCUT2D eigenvalue weighted by molar-refractivity contribution is 6.34. The van der Waals surface area contributed by atoms with Gasteiger partial charge in [-0.05, 0) is 12.1 Å². The Labute approximate surface area is 176 Å². The number of amides is 1. The summed E-state index contributed by atoms with van der Waals surface area (Å²) >= 11 is 6.17. The van der Waals surface area contributed by atoms with Crippen LogP contribution in [-0.2, 0) is 9.53 Å². The van der Waals surface area contributed by atoms with Crippen LogP contribution in [0.1, 0.15) is 10.4 Å². The highest BCUT2D eigenvalue weighted by Gasteiger charge is 2.22. The SMILES string of the molecule is COc1cc(C(=O)OCC(=O)Nc2cc3c(cc2Cl)OCCO3)cc2c1OCCO2. The molecule has 1 N–H and O–H groups in total. The summed E-state index contributed by atoms with van der Waals surface area (Å²) in [7, 11) is 1.45. The first-order chi connectivity index (χ1) is 14.5. The van der Waals surface area contributed by atoms with Gasteiger partial charge in [-0.25, -0.2) is 4.79 Å². The van der Waals surface area contributed by atoms with E-state index in [0.29, 0.717) is 60.9 Å². The Morgan fingerprint density at radius 1 is 0.967 bits per heavy atom. The molecule has 0 fully saturated rings. The zero-order valence-electron chi connectivity index (χ0n) is 16.0. The number of fused-ring (bicyclic) bond motifs is 2. The van der Waals surface area contributed by atoms with Gasteiger partial charge in [-0.3, -0.25) is 4.79 Å². The smallest absolute Gasteiger partial charge is 0.338 e. The molecular formula is C20H18ClNO8. The van der Waals surface area contributed by atoms with E-state index >= 15 is 0 Å². The monoisotopic (exact) mass is 435 g/mol. The average molecular weight is 436 g/mol. The summed E-state index contributed by atoms with van der Waals surface area (Å²) in [6, 6.07) is 6.06. The second-order valence-corrected chi connectivity index (χ2v) is 6.71. The predicted molar refractivity (Wildman–Crippen MR) is 105 cm³/mol. The van der Waals surface area contributed by atoms with Crippen molar-refractivity contribution >= 4 is 29.2 Å². The van der Waals surface area contributed by atoms with Crippen molar-refractivity contribution in [1.82, 2.24) is 0 Å². The third-order valence-electron chi connectivity index (χ3n) is 4.30. The molecule has 0 spiro atoms. The van der Waals surface area contributed by atoms with E-state index in [2.05, 4.69) is 5.32 Å². The standard InChI is InChI=1S/C20H18ClNO8/c1-25-16-6-11(7-17-19(16)29-5-4-28-17)20(24)30-10-18(23)22-13-9-15-14(8-12(13)21)26-2-3-27-15/h6-9H,2-5,10H2,1H3,(H,22,23). The fourth-order valence-electron chi connectivity index (χ4n) is 2.95. The Bertz CT molecular complexity index is 976. The van der Waals surface area contributed by atoms with E-state index in [1.807, 2.05) is 0 Å². The van der Waals surface area contributed by atoms with Gasteiger partial charge in [0, 0.05) is 12.1 Å². The van der Waals surface area contributed by atoms with E-state index in [4.69, 9.17) is 40.0 Å². The first-order valence-electron chi connectivity index (χ1n) is 9.09. The third kappa shape index (κ3) is 4.16. The minimum absolute atomic E-state index is 0.168. The Balaban J connectivity index is 1.40. The number of ether oxygens (including phenoxy) is 6. The molecule has 2 aromatic carbocycles. The number of rotatable bonds is 5. The summed E-state index contributed by atoms with van der Waals surface area (Å²) in [5.41, 5.74) is 0.490. The van der Waals surface area contributed by atoms with Gasteiger partial charge in [0.25, 0.3) is 5.91 Å². The molecule has 0 aliphatic carbocycles. The van der Waals surface area contributed by atoms with Crippen molar-refractivity contribution in [3.63, 3.8) is 0 Å². The second kappa shape index (κ2) is 8.58. The van der Waals surface area contributed by atoms with E-state index in [-0.39, 0.29) is 10.6 Å². The number of anilines is 1. The van der Waals surface area contributed by atoms with E-state index in [9.17, 15) is 9.59 Å². The number of hydrogen-bond acceptors (Lipinski definition) is 8. The van der Waals surface area contributed by atoms with E-state index in [1.165, 1.54) is 19.2 Å². The first-order valence-corrected chi connectivity index (χ1v) is 9.46. The molecule has 2 aliphatic heterocycles. The van der Waals surface area contributed by atoms with Crippen molar-refractivity contribution < 1.29 is 38.0 Å². The molecular weight excluding hydrogens is 418 g/mol. The number of halogens is 1. The van der Waals surface area contributed by atoms with Gasteiger partial charge in [0.2, 0.25) is 5.75 Å². The fourth-order valence-corrected chi connectivity index (χ4v) is 3.15. The minimum Gasteiger partial charge on any atom is -0.493 e. The van der Waals surface area contributed by atoms with Crippen LogP contribution in [0, 0.1) is 0 Å². The lowest BCUT2D eigenvalue weighted by atomic mass is 10.1. The van der Waals surface area contributed by atoms with Crippen LogP contribution < -0.4 is 29.0 Å². The van der Waals surface area contributed by atoms with Crippen molar-refractivity contribution in [2.75, 3.05) is 45.5 Å². The van der Waals surface area contributed by atoms with Crippen LogP contribution in [0.15, 0.2) is 24.3 Å². The molecule has 158 valence electrons. The summed E-state index contributed by atoms with van der Waals surface area (Å²) < 4.78 is 32.2. The van der Waals surface area contributed by atoms with Crippen LogP contribution in [0.2, 0.25) is 5.02 Å². The summed E-state index contributed by atoms with van der Waals surface area (Å²) in [6.45, 7) is 1.05. The van der Waals surface area contributed by atoms with E-state index in [0.717, 1.165) is 0 Å². The molecule has 4 rings (SSSR count). The van der Waals surface area contributed by atoms with E-state index in [1.54, 1.807) is 12.1 Å². The van der Waals surface area contributed by atoms with Gasteiger partial charge < -0.3 is 33.7 Å². The molecule has 9 nitrogen and oxygen atoms in total. The number of methoxy groups -OCH3 is 1. The van der Waals surface area contributed by atoms with Crippen molar-refractivity contribution in [3.8, 4) is 28.7 Å². The van der Waals surface area contributed by atoms with Crippen LogP contribution in [-0.4, -0.2) is 52.0 Å². The summed E-state index contributed by atoms with van der Waals surface area (Å²) in [5, 5.41) is 2.86. The van der Waals surface area contributed by atoms with E-state index < -0.39 is 18.5 Å². The Kier molecular flexibility index (Phi) is 5.71. The van der Waals surface area contributed by atoms with Crippen molar-refractivity contribution in [2.45, 2.75) is 0 Å².